The van der Waals surface area contributed by atoms with E-state index in [1.54, 1.807) is 23.9 Å². The van der Waals surface area contributed by atoms with Crippen LogP contribution >= 0.6 is 0 Å². The van der Waals surface area contributed by atoms with Gasteiger partial charge in [-0.05, 0) is 19.1 Å². The molecular weight excluding hydrogens is 348 g/mol. The molecule has 1 aliphatic heterocycles. The van der Waals surface area contributed by atoms with Crippen LogP contribution in [-0.4, -0.2) is 54.5 Å². The molecule has 9 nitrogen and oxygen atoms in total. The summed E-state index contributed by atoms with van der Waals surface area (Å²) < 4.78 is 39.2. The summed E-state index contributed by atoms with van der Waals surface area (Å²) in [5.74, 6) is -0.193. The summed E-state index contributed by atoms with van der Waals surface area (Å²) in [5, 5.41) is 2.90. The standard InChI is InChI=1S/C15H20N4O5S/c1-3-23-15(20)12-4-5-13(24-12)25(21,22)19-9-6-16-10-11(19)14-17-7-8-18(14)2/h4-5,7-8,11,16H,3,6,9-10H2,1-2H3. The number of furan rings is 1. The first kappa shape index (κ1) is 17.6. The summed E-state index contributed by atoms with van der Waals surface area (Å²) in [7, 11) is -2.10. The monoisotopic (exact) mass is 368 g/mol. The van der Waals surface area contributed by atoms with E-state index in [-0.39, 0.29) is 24.0 Å². The summed E-state index contributed by atoms with van der Waals surface area (Å²) in [5.41, 5.74) is 0. The zero-order chi connectivity index (χ0) is 18.0. The number of nitrogens with zero attached hydrogens (tertiary/aromatic N) is 3. The van der Waals surface area contributed by atoms with Crippen molar-refractivity contribution < 1.29 is 22.4 Å². The van der Waals surface area contributed by atoms with Crippen molar-refractivity contribution in [1.82, 2.24) is 19.2 Å². The van der Waals surface area contributed by atoms with Crippen molar-refractivity contribution in [3.63, 3.8) is 0 Å². The molecule has 1 atom stereocenters. The van der Waals surface area contributed by atoms with Crippen LogP contribution in [0.25, 0.3) is 0 Å². The maximum absolute atomic E-state index is 13.0. The van der Waals surface area contributed by atoms with E-state index in [2.05, 4.69) is 10.3 Å². The molecule has 0 radical (unpaired) electrons. The van der Waals surface area contributed by atoms with E-state index in [1.165, 1.54) is 16.4 Å². The van der Waals surface area contributed by atoms with Crippen LogP contribution in [0.5, 0.6) is 0 Å². The Morgan fingerprint density at radius 3 is 2.96 bits per heavy atom. The van der Waals surface area contributed by atoms with E-state index in [0.29, 0.717) is 18.9 Å². The van der Waals surface area contributed by atoms with Crippen molar-refractivity contribution >= 4 is 16.0 Å². The average Bonchev–Trinajstić information content (AvgIpc) is 3.24. The van der Waals surface area contributed by atoms with Crippen LogP contribution in [0.1, 0.15) is 29.3 Å². The van der Waals surface area contributed by atoms with Gasteiger partial charge in [0.15, 0.2) is 0 Å². The van der Waals surface area contributed by atoms with Crippen LogP contribution in [0.4, 0.5) is 0 Å². The van der Waals surface area contributed by atoms with Gasteiger partial charge in [-0.2, -0.15) is 4.31 Å². The quantitative estimate of drug-likeness (QED) is 0.767. The molecule has 136 valence electrons. The Labute approximate surface area is 145 Å². The van der Waals surface area contributed by atoms with Crippen LogP contribution < -0.4 is 5.32 Å². The third-order valence-electron chi connectivity index (χ3n) is 3.97. The number of carbonyl (C=O) groups is 1. The zero-order valence-corrected chi connectivity index (χ0v) is 14.8. The Bertz CT molecular complexity index is 857. The maximum atomic E-state index is 13.0. The molecule has 1 unspecified atom stereocenters. The largest absolute Gasteiger partial charge is 0.460 e. The average molecular weight is 368 g/mol. The summed E-state index contributed by atoms with van der Waals surface area (Å²) in [4.78, 5) is 16.0. The normalized spacial score (nSPS) is 19.0. The van der Waals surface area contributed by atoms with Gasteiger partial charge in [-0.25, -0.2) is 18.2 Å². The Kier molecular flexibility index (Phi) is 4.93. The molecule has 3 heterocycles. The van der Waals surface area contributed by atoms with Gasteiger partial charge in [0.05, 0.1) is 12.6 Å². The minimum absolute atomic E-state index is 0.135. The van der Waals surface area contributed by atoms with E-state index in [0.717, 1.165) is 0 Å². The summed E-state index contributed by atoms with van der Waals surface area (Å²) in [6.07, 6.45) is 3.39. The summed E-state index contributed by atoms with van der Waals surface area (Å²) in [6, 6.07) is 2.12. The number of rotatable bonds is 5. The third kappa shape index (κ3) is 3.32. The number of esters is 1. The molecule has 0 aliphatic carbocycles. The van der Waals surface area contributed by atoms with Crippen LogP contribution in [0.2, 0.25) is 0 Å². The molecule has 3 rings (SSSR count). The second-order valence-corrected chi connectivity index (χ2v) is 7.39. The number of sulfonamides is 1. The first-order chi connectivity index (χ1) is 11.9. The summed E-state index contributed by atoms with van der Waals surface area (Å²) >= 11 is 0. The number of hydrogen-bond acceptors (Lipinski definition) is 7. The van der Waals surface area contributed by atoms with Gasteiger partial charge in [0.1, 0.15) is 5.82 Å². The number of carbonyl (C=O) groups excluding carboxylic acids is 1. The fourth-order valence-electron chi connectivity index (χ4n) is 2.78. The lowest BCUT2D eigenvalue weighted by Gasteiger charge is -2.33. The fourth-order valence-corrected chi connectivity index (χ4v) is 4.28. The smallest absolute Gasteiger partial charge is 0.374 e. The molecule has 2 aromatic rings. The van der Waals surface area contributed by atoms with Gasteiger partial charge in [0.25, 0.3) is 10.0 Å². The molecule has 0 aromatic carbocycles. The second kappa shape index (κ2) is 6.98. The van der Waals surface area contributed by atoms with Crippen molar-refractivity contribution in [2.75, 3.05) is 26.2 Å². The predicted octanol–water partition coefficient (Wildman–Crippen LogP) is 0.525. The first-order valence-corrected chi connectivity index (χ1v) is 9.36. The number of piperazine rings is 1. The van der Waals surface area contributed by atoms with Crippen molar-refractivity contribution in [2.45, 2.75) is 18.1 Å². The number of ether oxygens (including phenoxy) is 1. The van der Waals surface area contributed by atoms with Gasteiger partial charge in [-0.15, -0.1) is 0 Å². The maximum Gasteiger partial charge on any atom is 0.374 e. The topological polar surface area (TPSA) is 107 Å². The molecular formula is C15H20N4O5S. The lowest BCUT2D eigenvalue weighted by Crippen LogP contribution is -2.49. The number of imidazole rings is 1. The highest BCUT2D eigenvalue weighted by Gasteiger charge is 2.38. The first-order valence-electron chi connectivity index (χ1n) is 7.92. The molecule has 1 fully saturated rings. The number of nitrogens with one attached hydrogen (secondary N) is 1. The van der Waals surface area contributed by atoms with Gasteiger partial charge in [0.2, 0.25) is 10.9 Å². The Hall–Kier alpha value is -2.17. The van der Waals surface area contributed by atoms with Crippen molar-refractivity contribution in [3.8, 4) is 0 Å². The minimum atomic E-state index is -3.92. The van der Waals surface area contributed by atoms with Crippen molar-refractivity contribution in [3.05, 3.63) is 36.1 Å². The Morgan fingerprint density at radius 1 is 1.48 bits per heavy atom. The van der Waals surface area contributed by atoms with Crippen LogP contribution in [0.3, 0.4) is 0 Å². The molecule has 0 bridgehead atoms. The minimum Gasteiger partial charge on any atom is -0.460 e. The van der Waals surface area contributed by atoms with Crippen LogP contribution in [0.15, 0.2) is 34.0 Å². The molecule has 1 N–H and O–H groups in total. The number of hydrogen-bond donors (Lipinski definition) is 1. The van der Waals surface area contributed by atoms with E-state index >= 15 is 0 Å². The summed E-state index contributed by atoms with van der Waals surface area (Å²) in [6.45, 7) is 3.08. The molecule has 1 aliphatic rings. The van der Waals surface area contributed by atoms with E-state index < -0.39 is 22.0 Å². The van der Waals surface area contributed by atoms with E-state index in [1.807, 2.05) is 7.05 Å². The molecule has 0 amide bonds. The Morgan fingerprint density at radius 2 is 2.28 bits per heavy atom. The zero-order valence-electron chi connectivity index (χ0n) is 14.0. The fraction of sp³-hybridized carbons (Fsp3) is 0.467. The van der Waals surface area contributed by atoms with Crippen molar-refractivity contribution in [1.29, 1.82) is 0 Å². The Balaban J connectivity index is 1.92. The van der Waals surface area contributed by atoms with Gasteiger partial charge in [-0.3, -0.25) is 0 Å². The molecule has 0 spiro atoms. The van der Waals surface area contributed by atoms with E-state index in [4.69, 9.17) is 9.15 Å². The molecule has 10 heteroatoms. The van der Waals surface area contributed by atoms with E-state index in [9.17, 15) is 13.2 Å². The SMILES string of the molecule is CCOC(=O)c1ccc(S(=O)(=O)N2CCNCC2c2nccn2C)o1. The number of aromatic nitrogens is 2. The van der Waals surface area contributed by atoms with Crippen LogP contribution in [0, 0.1) is 0 Å². The highest BCUT2D eigenvalue weighted by Crippen LogP contribution is 2.29. The molecule has 2 aromatic heterocycles. The molecule has 1 saturated heterocycles. The predicted molar refractivity (Wildman–Crippen MR) is 87.4 cm³/mol. The second-order valence-electron chi connectivity index (χ2n) is 5.57. The molecule has 0 saturated carbocycles. The van der Waals surface area contributed by atoms with Gasteiger partial charge < -0.3 is 19.0 Å². The van der Waals surface area contributed by atoms with Gasteiger partial charge in [-0.1, -0.05) is 0 Å². The van der Waals surface area contributed by atoms with Crippen molar-refractivity contribution in [2.24, 2.45) is 7.05 Å². The molecule has 25 heavy (non-hydrogen) atoms. The lowest BCUT2D eigenvalue weighted by atomic mass is 10.2. The van der Waals surface area contributed by atoms with Gasteiger partial charge >= 0.3 is 5.97 Å². The van der Waals surface area contributed by atoms with Crippen LogP contribution in [-0.2, 0) is 21.8 Å². The highest BCUT2D eigenvalue weighted by atomic mass is 32.2. The third-order valence-corrected chi connectivity index (χ3v) is 5.75. The van der Waals surface area contributed by atoms with Gasteiger partial charge in [0, 0.05) is 39.1 Å². The lowest BCUT2D eigenvalue weighted by molar-refractivity contribution is 0.0483. The number of aryl methyl sites for hydroxylation is 1. The highest BCUT2D eigenvalue weighted by molar-refractivity contribution is 7.89.